The predicted octanol–water partition coefficient (Wildman–Crippen LogP) is 2.56. The van der Waals surface area contributed by atoms with Crippen LogP contribution in [0.5, 0.6) is 5.75 Å². The molecule has 34 heavy (non-hydrogen) atoms. The quantitative estimate of drug-likeness (QED) is 0.335. The minimum absolute atomic E-state index is 0.0988. The van der Waals surface area contributed by atoms with Gasteiger partial charge in [0, 0.05) is 25.9 Å². The monoisotopic (exact) mass is 465 g/mol. The van der Waals surface area contributed by atoms with E-state index in [2.05, 4.69) is 25.9 Å². The molecule has 1 aliphatic rings. The first-order valence-corrected chi connectivity index (χ1v) is 11.2. The van der Waals surface area contributed by atoms with Gasteiger partial charge in [0.15, 0.2) is 11.5 Å². The molecule has 0 saturated heterocycles. The number of aromatic nitrogens is 1. The highest BCUT2D eigenvalue weighted by Gasteiger charge is 2.20. The molecule has 1 unspecified atom stereocenters. The Kier molecular flexibility index (Phi) is 7.59. The van der Waals surface area contributed by atoms with Gasteiger partial charge >= 0.3 is 5.97 Å². The minimum atomic E-state index is -1.00. The first kappa shape index (κ1) is 23.1. The summed E-state index contributed by atoms with van der Waals surface area (Å²) in [7, 11) is 0. The molecule has 0 radical (unpaired) electrons. The standard InChI is InChI=1S/C24H27N5O5/c30-21(29-23-25-12-4-13-26-23)7-3-14-33-17-10-8-16(9-11-17)15-19(22(31)32)28-24-27-18-5-1-2-6-20(18)34-24/h1-2,5-6,8-11,19H,3-4,7,12-15H2,(H,27,28)(H,31,32)(H2,25,26,29,30). The van der Waals surface area contributed by atoms with Crippen LogP contribution in [-0.2, 0) is 16.0 Å². The zero-order valence-corrected chi connectivity index (χ0v) is 18.6. The van der Waals surface area contributed by atoms with Crippen LogP contribution in [0.1, 0.15) is 24.8 Å². The van der Waals surface area contributed by atoms with Crippen molar-refractivity contribution in [2.75, 3.05) is 25.0 Å². The van der Waals surface area contributed by atoms with E-state index >= 15 is 0 Å². The Bertz CT molecular complexity index is 1130. The topological polar surface area (TPSA) is 138 Å². The number of hydrogen-bond donors (Lipinski definition) is 4. The summed E-state index contributed by atoms with van der Waals surface area (Å²) in [5.41, 5.74) is 2.07. The number of nitrogens with zero attached hydrogens (tertiary/aromatic N) is 2. The van der Waals surface area contributed by atoms with E-state index in [0.717, 1.165) is 25.1 Å². The van der Waals surface area contributed by atoms with E-state index in [1.165, 1.54) is 0 Å². The van der Waals surface area contributed by atoms with Gasteiger partial charge in [-0.05, 0) is 42.7 Å². The Morgan fingerprint density at radius 1 is 1.18 bits per heavy atom. The zero-order valence-electron chi connectivity index (χ0n) is 18.6. The second kappa shape index (κ2) is 11.2. The summed E-state index contributed by atoms with van der Waals surface area (Å²) < 4.78 is 11.3. The number of fused-ring (bicyclic) bond motifs is 1. The van der Waals surface area contributed by atoms with Crippen LogP contribution in [0.25, 0.3) is 11.1 Å². The number of rotatable bonds is 10. The van der Waals surface area contributed by atoms with Gasteiger partial charge in [0.05, 0.1) is 6.61 Å². The number of ether oxygens (including phenoxy) is 1. The number of guanidine groups is 1. The Hall–Kier alpha value is -4.08. The molecular weight excluding hydrogens is 438 g/mol. The first-order valence-electron chi connectivity index (χ1n) is 11.2. The van der Waals surface area contributed by atoms with Gasteiger partial charge in [-0.3, -0.25) is 15.1 Å². The van der Waals surface area contributed by atoms with Gasteiger partial charge in [-0.2, -0.15) is 4.98 Å². The SMILES string of the molecule is O=C(CCCOc1ccc(CC(Nc2nc3ccccc3o2)C(=O)O)cc1)NC1=NCCCN1. The molecule has 0 saturated carbocycles. The number of aliphatic carboxylic acids is 1. The molecular formula is C24H27N5O5. The van der Waals surface area contributed by atoms with Gasteiger partial charge in [-0.1, -0.05) is 24.3 Å². The molecule has 3 aromatic rings. The van der Waals surface area contributed by atoms with E-state index in [1.807, 2.05) is 24.3 Å². The number of carbonyl (C=O) groups is 2. The van der Waals surface area contributed by atoms with E-state index in [0.29, 0.717) is 42.3 Å². The van der Waals surface area contributed by atoms with E-state index in [9.17, 15) is 14.7 Å². The van der Waals surface area contributed by atoms with Gasteiger partial charge in [-0.25, -0.2) is 4.79 Å². The fraction of sp³-hybridized carbons (Fsp3) is 0.333. The maximum atomic E-state index is 12.0. The highest BCUT2D eigenvalue weighted by Crippen LogP contribution is 2.20. The molecule has 4 rings (SSSR count). The molecule has 10 nitrogen and oxygen atoms in total. The summed E-state index contributed by atoms with van der Waals surface area (Å²) in [4.78, 5) is 32.2. The molecule has 10 heteroatoms. The predicted molar refractivity (Wildman–Crippen MR) is 127 cm³/mol. The van der Waals surface area contributed by atoms with Crippen LogP contribution in [0.3, 0.4) is 0 Å². The van der Waals surface area contributed by atoms with Crippen molar-refractivity contribution in [3.05, 3.63) is 54.1 Å². The summed E-state index contributed by atoms with van der Waals surface area (Å²) in [6.45, 7) is 1.93. The van der Waals surface area contributed by atoms with Crippen LogP contribution >= 0.6 is 0 Å². The second-order valence-corrected chi connectivity index (χ2v) is 7.88. The van der Waals surface area contributed by atoms with E-state index in [-0.39, 0.29) is 18.3 Å². The minimum Gasteiger partial charge on any atom is -0.494 e. The number of carboxylic acid groups (broad SMARTS) is 1. The lowest BCUT2D eigenvalue weighted by Crippen LogP contribution is -2.43. The summed E-state index contributed by atoms with van der Waals surface area (Å²) in [5, 5.41) is 18.3. The van der Waals surface area contributed by atoms with E-state index < -0.39 is 12.0 Å². The third-order valence-electron chi connectivity index (χ3n) is 5.22. The molecule has 0 spiro atoms. The van der Waals surface area contributed by atoms with E-state index in [1.54, 1.807) is 24.3 Å². The number of aliphatic imine (C=N–C) groups is 1. The molecule has 1 atom stereocenters. The van der Waals surface area contributed by atoms with Crippen LogP contribution in [0.2, 0.25) is 0 Å². The van der Waals surface area contributed by atoms with Crippen LogP contribution in [0.15, 0.2) is 57.9 Å². The number of para-hydroxylation sites is 2. The molecule has 1 aromatic heterocycles. The third kappa shape index (κ3) is 6.47. The first-order chi connectivity index (χ1) is 16.6. The molecule has 1 aliphatic heterocycles. The van der Waals surface area contributed by atoms with Crippen LogP contribution in [0, 0.1) is 0 Å². The second-order valence-electron chi connectivity index (χ2n) is 7.88. The van der Waals surface area contributed by atoms with E-state index in [4.69, 9.17) is 9.15 Å². The molecule has 0 bridgehead atoms. The lowest BCUT2D eigenvalue weighted by Gasteiger charge is -2.15. The van der Waals surface area contributed by atoms with Crippen molar-refractivity contribution in [2.24, 2.45) is 4.99 Å². The lowest BCUT2D eigenvalue weighted by molar-refractivity contribution is -0.138. The maximum absolute atomic E-state index is 12.0. The van der Waals surface area contributed by atoms with Gasteiger partial charge in [0.2, 0.25) is 5.91 Å². The number of anilines is 1. The molecule has 1 amide bonds. The molecule has 0 aliphatic carbocycles. The Labute approximate surface area is 196 Å². The largest absolute Gasteiger partial charge is 0.494 e. The zero-order chi connectivity index (χ0) is 23.8. The summed E-state index contributed by atoms with van der Waals surface area (Å²) in [6.07, 6.45) is 2.11. The van der Waals surface area contributed by atoms with Gasteiger partial charge in [-0.15, -0.1) is 0 Å². The highest BCUT2D eigenvalue weighted by molar-refractivity contribution is 5.97. The van der Waals surface area contributed by atoms with Gasteiger partial charge in [0.25, 0.3) is 6.01 Å². The van der Waals surface area contributed by atoms with Crippen LogP contribution in [-0.4, -0.2) is 53.7 Å². The number of amides is 1. The number of hydrogen-bond acceptors (Lipinski definition) is 8. The van der Waals surface area contributed by atoms with Crippen LogP contribution < -0.4 is 20.7 Å². The average molecular weight is 466 g/mol. The summed E-state index contributed by atoms with van der Waals surface area (Å²) >= 11 is 0. The summed E-state index contributed by atoms with van der Waals surface area (Å²) in [6, 6.07) is 13.7. The number of nitrogens with one attached hydrogen (secondary N) is 3. The van der Waals surface area contributed by atoms with Crippen molar-refractivity contribution >= 4 is 35.0 Å². The third-order valence-corrected chi connectivity index (χ3v) is 5.22. The molecule has 4 N–H and O–H groups in total. The lowest BCUT2D eigenvalue weighted by atomic mass is 10.1. The molecule has 2 heterocycles. The molecule has 2 aromatic carbocycles. The summed E-state index contributed by atoms with van der Waals surface area (Å²) in [5.74, 6) is 0.0905. The fourth-order valence-electron chi connectivity index (χ4n) is 3.47. The Morgan fingerprint density at radius 2 is 2.00 bits per heavy atom. The van der Waals surface area contributed by atoms with Crippen LogP contribution in [0.4, 0.5) is 6.01 Å². The maximum Gasteiger partial charge on any atom is 0.326 e. The molecule has 178 valence electrons. The normalized spacial score (nSPS) is 14.1. The average Bonchev–Trinajstić information content (AvgIpc) is 3.25. The van der Waals surface area contributed by atoms with Gasteiger partial charge in [0.1, 0.15) is 17.3 Å². The number of benzene rings is 2. The number of oxazole rings is 1. The molecule has 0 fully saturated rings. The van der Waals surface area contributed by atoms with Gasteiger partial charge < -0.3 is 24.9 Å². The number of carbonyl (C=O) groups excluding carboxylic acids is 1. The Balaban J connectivity index is 1.23. The van der Waals surface area contributed by atoms with Crippen molar-refractivity contribution in [2.45, 2.75) is 31.7 Å². The highest BCUT2D eigenvalue weighted by atomic mass is 16.5. The number of carboxylic acids is 1. The van der Waals surface area contributed by atoms with Crippen molar-refractivity contribution < 1.29 is 23.8 Å². The van der Waals surface area contributed by atoms with Crippen molar-refractivity contribution in [1.82, 2.24) is 15.6 Å². The van der Waals surface area contributed by atoms with Crippen molar-refractivity contribution in [3.8, 4) is 5.75 Å². The smallest absolute Gasteiger partial charge is 0.326 e. The fourth-order valence-corrected chi connectivity index (χ4v) is 3.47. The van der Waals surface area contributed by atoms with Crippen molar-refractivity contribution in [3.63, 3.8) is 0 Å². The Morgan fingerprint density at radius 3 is 2.74 bits per heavy atom. The van der Waals surface area contributed by atoms with Crippen molar-refractivity contribution in [1.29, 1.82) is 0 Å².